The Kier molecular flexibility index (Phi) is 5.79. The molecule has 3 aromatic rings. The molecule has 0 aromatic heterocycles. The van der Waals surface area contributed by atoms with Crippen LogP contribution in [0.2, 0.25) is 5.02 Å². The van der Waals surface area contributed by atoms with E-state index in [0.717, 1.165) is 5.56 Å². The molecular formula is C22H14ClFO3. The van der Waals surface area contributed by atoms with Crippen LogP contribution in [0.3, 0.4) is 0 Å². The van der Waals surface area contributed by atoms with Gasteiger partial charge in [0, 0.05) is 10.6 Å². The number of allylic oxidation sites excluding steroid dienone is 1. The lowest BCUT2D eigenvalue weighted by atomic mass is 10.1. The smallest absolute Gasteiger partial charge is 0.343 e. The Balaban J connectivity index is 1.62. The molecular weight excluding hydrogens is 367 g/mol. The lowest BCUT2D eigenvalue weighted by molar-refractivity contribution is 0.0734. The van der Waals surface area contributed by atoms with Gasteiger partial charge in [0.25, 0.3) is 0 Å². The van der Waals surface area contributed by atoms with Crippen LogP contribution in [0.1, 0.15) is 26.3 Å². The van der Waals surface area contributed by atoms with Crippen LogP contribution < -0.4 is 4.74 Å². The summed E-state index contributed by atoms with van der Waals surface area (Å²) in [6, 6.07) is 18.4. The number of benzene rings is 3. The predicted molar refractivity (Wildman–Crippen MR) is 103 cm³/mol. The standard InChI is InChI=1S/C22H14ClFO3/c23-18-8-4-16(5-9-18)21(25)14-3-15-1-12-20(13-2-15)27-22(26)17-6-10-19(24)11-7-17/h1-14H. The van der Waals surface area contributed by atoms with Crippen LogP contribution in [0, 0.1) is 5.82 Å². The zero-order valence-corrected chi connectivity index (χ0v) is 14.8. The summed E-state index contributed by atoms with van der Waals surface area (Å²) in [6.45, 7) is 0. The topological polar surface area (TPSA) is 43.4 Å². The lowest BCUT2D eigenvalue weighted by Crippen LogP contribution is -2.08. The zero-order chi connectivity index (χ0) is 19.2. The summed E-state index contributed by atoms with van der Waals surface area (Å²) in [5.74, 6) is -0.781. The number of esters is 1. The minimum Gasteiger partial charge on any atom is -0.423 e. The van der Waals surface area contributed by atoms with Crippen molar-refractivity contribution in [3.8, 4) is 5.75 Å². The Labute approximate surface area is 160 Å². The van der Waals surface area contributed by atoms with E-state index >= 15 is 0 Å². The number of halogens is 2. The second-order valence-electron chi connectivity index (χ2n) is 5.67. The van der Waals surface area contributed by atoms with Gasteiger partial charge in [-0.15, -0.1) is 0 Å². The second kappa shape index (κ2) is 8.43. The molecule has 0 N–H and O–H groups in total. The molecule has 0 aliphatic heterocycles. The van der Waals surface area contributed by atoms with E-state index in [1.54, 1.807) is 54.6 Å². The molecule has 0 bridgehead atoms. The van der Waals surface area contributed by atoms with Crippen molar-refractivity contribution in [1.29, 1.82) is 0 Å². The van der Waals surface area contributed by atoms with E-state index in [1.165, 1.54) is 30.3 Å². The van der Waals surface area contributed by atoms with Crippen molar-refractivity contribution in [2.75, 3.05) is 0 Å². The number of ether oxygens (including phenoxy) is 1. The van der Waals surface area contributed by atoms with Gasteiger partial charge < -0.3 is 4.74 Å². The van der Waals surface area contributed by atoms with Gasteiger partial charge in [-0.3, -0.25) is 4.79 Å². The van der Waals surface area contributed by atoms with Gasteiger partial charge in [-0.2, -0.15) is 0 Å². The van der Waals surface area contributed by atoms with Gasteiger partial charge >= 0.3 is 5.97 Å². The van der Waals surface area contributed by atoms with Crippen LogP contribution in [-0.4, -0.2) is 11.8 Å². The molecule has 27 heavy (non-hydrogen) atoms. The third-order valence-electron chi connectivity index (χ3n) is 3.73. The van der Waals surface area contributed by atoms with Gasteiger partial charge in [-0.1, -0.05) is 29.8 Å². The fourth-order valence-electron chi connectivity index (χ4n) is 2.28. The highest BCUT2D eigenvalue weighted by Crippen LogP contribution is 2.16. The average Bonchev–Trinajstić information content (AvgIpc) is 2.68. The van der Waals surface area contributed by atoms with E-state index in [-0.39, 0.29) is 11.3 Å². The first kappa shape index (κ1) is 18.5. The molecule has 5 heteroatoms. The van der Waals surface area contributed by atoms with E-state index in [9.17, 15) is 14.0 Å². The maximum absolute atomic E-state index is 12.9. The third kappa shape index (κ3) is 5.12. The summed E-state index contributed by atoms with van der Waals surface area (Å²) in [6.07, 6.45) is 3.13. The normalized spacial score (nSPS) is 10.7. The maximum Gasteiger partial charge on any atom is 0.343 e. The molecule has 0 amide bonds. The van der Waals surface area contributed by atoms with E-state index in [4.69, 9.17) is 16.3 Å². The molecule has 0 aliphatic carbocycles. The highest BCUT2D eigenvalue weighted by Gasteiger charge is 2.08. The van der Waals surface area contributed by atoms with Crippen molar-refractivity contribution < 1.29 is 18.7 Å². The number of ketones is 1. The number of rotatable bonds is 5. The van der Waals surface area contributed by atoms with Crippen molar-refractivity contribution in [2.45, 2.75) is 0 Å². The van der Waals surface area contributed by atoms with E-state index in [2.05, 4.69) is 0 Å². The lowest BCUT2D eigenvalue weighted by Gasteiger charge is -2.04. The molecule has 0 spiro atoms. The Morgan fingerprint density at radius 1 is 0.815 bits per heavy atom. The first-order chi connectivity index (χ1) is 13.0. The summed E-state index contributed by atoms with van der Waals surface area (Å²) >= 11 is 5.80. The van der Waals surface area contributed by atoms with E-state index in [0.29, 0.717) is 16.3 Å². The fourth-order valence-corrected chi connectivity index (χ4v) is 2.41. The maximum atomic E-state index is 12.9. The zero-order valence-electron chi connectivity index (χ0n) is 14.1. The minimum absolute atomic E-state index is 0.140. The molecule has 0 unspecified atom stereocenters. The van der Waals surface area contributed by atoms with Gasteiger partial charge in [0.1, 0.15) is 11.6 Å². The molecule has 3 aromatic carbocycles. The first-order valence-electron chi connectivity index (χ1n) is 8.07. The summed E-state index contributed by atoms with van der Waals surface area (Å²) < 4.78 is 18.1. The average molecular weight is 381 g/mol. The molecule has 0 radical (unpaired) electrons. The molecule has 0 heterocycles. The highest BCUT2D eigenvalue weighted by atomic mass is 35.5. The second-order valence-corrected chi connectivity index (χ2v) is 6.11. The molecule has 0 saturated heterocycles. The van der Waals surface area contributed by atoms with E-state index < -0.39 is 11.8 Å². The fraction of sp³-hybridized carbons (Fsp3) is 0. The van der Waals surface area contributed by atoms with Crippen molar-refractivity contribution in [1.82, 2.24) is 0 Å². The molecule has 0 atom stereocenters. The molecule has 3 nitrogen and oxygen atoms in total. The molecule has 134 valence electrons. The first-order valence-corrected chi connectivity index (χ1v) is 8.45. The number of hydrogen-bond donors (Lipinski definition) is 0. The Hall–Kier alpha value is -3.24. The van der Waals surface area contributed by atoms with Crippen molar-refractivity contribution in [3.05, 3.63) is 106 Å². The van der Waals surface area contributed by atoms with Crippen LogP contribution in [-0.2, 0) is 0 Å². The van der Waals surface area contributed by atoms with Gasteiger partial charge in [0.05, 0.1) is 5.56 Å². The Morgan fingerprint density at radius 3 is 2.04 bits per heavy atom. The van der Waals surface area contributed by atoms with Crippen LogP contribution in [0.5, 0.6) is 5.75 Å². The SMILES string of the molecule is O=C(C=Cc1ccc(OC(=O)c2ccc(F)cc2)cc1)c1ccc(Cl)cc1. The highest BCUT2D eigenvalue weighted by molar-refractivity contribution is 6.30. The van der Waals surface area contributed by atoms with E-state index in [1.807, 2.05) is 0 Å². The Morgan fingerprint density at radius 2 is 1.41 bits per heavy atom. The van der Waals surface area contributed by atoms with Crippen LogP contribution in [0.25, 0.3) is 6.08 Å². The number of carbonyl (C=O) groups is 2. The minimum atomic E-state index is -0.573. The van der Waals surface area contributed by atoms with Gasteiger partial charge in [0.15, 0.2) is 5.78 Å². The number of hydrogen-bond acceptors (Lipinski definition) is 3. The van der Waals surface area contributed by atoms with Gasteiger partial charge in [0.2, 0.25) is 0 Å². The molecule has 0 aliphatic rings. The predicted octanol–water partition coefficient (Wildman–Crippen LogP) is 5.59. The van der Waals surface area contributed by atoms with Crippen LogP contribution in [0.4, 0.5) is 4.39 Å². The quantitative estimate of drug-likeness (QED) is 0.250. The molecule has 0 fully saturated rings. The van der Waals surface area contributed by atoms with Gasteiger partial charge in [-0.25, -0.2) is 9.18 Å². The van der Waals surface area contributed by atoms with Crippen molar-refractivity contribution in [2.24, 2.45) is 0 Å². The summed E-state index contributed by atoms with van der Waals surface area (Å²) in [5, 5.41) is 0.571. The summed E-state index contributed by atoms with van der Waals surface area (Å²) in [7, 11) is 0. The largest absolute Gasteiger partial charge is 0.423 e. The summed E-state index contributed by atoms with van der Waals surface area (Å²) in [5.41, 5.74) is 1.58. The van der Waals surface area contributed by atoms with Crippen LogP contribution >= 0.6 is 11.6 Å². The van der Waals surface area contributed by atoms with Crippen molar-refractivity contribution >= 4 is 29.4 Å². The monoisotopic (exact) mass is 380 g/mol. The van der Waals surface area contributed by atoms with Gasteiger partial charge in [-0.05, 0) is 72.3 Å². The molecule has 3 rings (SSSR count). The number of carbonyl (C=O) groups excluding carboxylic acids is 2. The molecule has 0 saturated carbocycles. The summed E-state index contributed by atoms with van der Waals surface area (Å²) in [4.78, 5) is 24.1. The van der Waals surface area contributed by atoms with Crippen molar-refractivity contribution in [3.63, 3.8) is 0 Å². The van der Waals surface area contributed by atoms with Crippen LogP contribution in [0.15, 0.2) is 78.9 Å². The Bertz CT molecular complexity index is 976. The third-order valence-corrected chi connectivity index (χ3v) is 3.98.